The van der Waals surface area contributed by atoms with E-state index in [0.717, 1.165) is 0 Å². The van der Waals surface area contributed by atoms with Crippen LogP contribution in [0.25, 0.3) is 0 Å². The van der Waals surface area contributed by atoms with Crippen LogP contribution in [-0.2, 0) is 0 Å². The third kappa shape index (κ3) is 3.03. The summed E-state index contributed by atoms with van der Waals surface area (Å²) in [5.74, 6) is 0. The van der Waals surface area contributed by atoms with Crippen LogP contribution in [0.5, 0.6) is 0 Å². The minimum Gasteiger partial charge on any atom is -0.316 e. The van der Waals surface area contributed by atoms with Crippen molar-refractivity contribution in [2.75, 3.05) is 0 Å². The van der Waals surface area contributed by atoms with Gasteiger partial charge in [0.15, 0.2) is 0 Å². The van der Waals surface area contributed by atoms with Crippen LogP contribution in [-0.4, -0.2) is 6.17 Å². The molecule has 2 saturated carbocycles. The highest BCUT2D eigenvalue weighted by molar-refractivity contribution is 4.94. The number of hydrogen-bond acceptors (Lipinski definition) is 2. The summed E-state index contributed by atoms with van der Waals surface area (Å²) in [6.07, 6.45) is 14.8. The topological polar surface area (TPSA) is 52.0 Å². The second-order valence-electron chi connectivity index (χ2n) is 7.00. The van der Waals surface area contributed by atoms with Crippen LogP contribution in [0, 0.1) is 10.8 Å². The van der Waals surface area contributed by atoms with Crippen molar-refractivity contribution in [1.82, 2.24) is 0 Å². The zero-order valence-corrected chi connectivity index (χ0v) is 11.5. The van der Waals surface area contributed by atoms with Crippen LogP contribution in [0.3, 0.4) is 0 Å². The van der Waals surface area contributed by atoms with Gasteiger partial charge < -0.3 is 11.5 Å². The van der Waals surface area contributed by atoms with Gasteiger partial charge in [0.05, 0.1) is 6.17 Å². The molecule has 0 amide bonds. The van der Waals surface area contributed by atoms with Gasteiger partial charge in [0.2, 0.25) is 0 Å². The van der Waals surface area contributed by atoms with Crippen LogP contribution in [0.4, 0.5) is 0 Å². The molecule has 100 valence electrons. The van der Waals surface area contributed by atoms with E-state index in [1.54, 1.807) is 0 Å². The van der Waals surface area contributed by atoms with Gasteiger partial charge in [0, 0.05) is 0 Å². The van der Waals surface area contributed by atoms with Crippen molar-refractivity contribution < 1.29 is 0 Å². The van der Waals surface area contributed by atoms with Crippen molar-refractivity contribution in [2.45, 2.75) is 83.7 Å². The van der Waals surface area contributed by atoms with Crippen molar-refractivity contribution in [3.63, 3.8) is 0 Å². The Morgan fingerprint density at radius 1 is 0.824 bits per heavy atom. The first kappa shape index (κ1) is 13.4. The fourth-order valence-corrected chi connectivity index (χ4v) is 4.32. The molecule has 0 radical (unpaired) electrons. The van der Waals surface area contributed by atoms with E-state index in [1.165, 1.54) is 70.6 Å². The molecule has 2 heteroatoms. The molecular weight excluding hydrogens is 208 g/mol. The van der Waals surface area contributed by atoms with Gasteiger partial charge in [-0.2, -0.15) is 0 Å². The lowest BCUT2D eigenvalue weighted by molar-refractivity contribution is 0.0474. The molecule has 0 aromatic carbocycles. The third-order valence-corrected chi connectivity index (χ3v) is 5.40. The van der Waals surface area contributed by atoms with Crippen molar-refractivity contribution in [1.29, 1.82) is 0 Å². The number of rotatable bonds is 3. The standard InChI is InChI=1S/C15H30N2/c1-14(8-4-2-5-9-14)12-15(13(16)17)10-6-3-7-11-15/h13H,2-12,16-17H2,1H3. The molecule has 17 heavy (non-hydrogen) atoms. The third-order valence-electron chi connectivity index (χ3n) is 5.40. The van der Waals surface area contributed by atoms with Crippen molar-refractivity contribution in [3.05, 3.63) is 0 Å². The van der Waals surface area contributed by atoms with E-state index in [-0.39, 0.29) is 11.6 Å². The van der Waals surface area contributed by atoms with E-state index in [1.807, 2.05) is 0 Å². The minimum atomic E-state index is -0.110. The van der Waals surface area contributed by atoms with E-state index in [4.69, 9.17) is 11.5 Å². The second-order valence-corrected chi connectivity index (χ2v) is 7.00. The predicted molar refractivity (Wildman–Crippen MR) is 73.5 cm³/mol. The van der Waals surface area contributed by atoms with E-state index < -0.39 is 0 Å². The molecule has 2 aliphatic rings. The SMILES string of the molecule is CC1(CC2(C(N)N)CCCCC2)CCCCC1. The molecule has 0 aromatic heterocycles. The van der Waals surface area contributed by atoms with Gasteiger partial charge in [-0.25, -0.2) is 0 Å². The Balaban J connectivity index is 2.06. The smallest absolute Gasteiger partial charge is 0.0579 e. The molecule has 4 N–H and O–H groups in total. The van der Waals surface area contributed by atoms with E-state index in [0.29, 0.717) is 5.41 Å². The van der Waals surface area contributed by atoms with Crippen molar-refractivity contribution in [2.24, 2.45) is 22.3 Å². The Morgan fingerprint density at radius 3 is 1.76 bits per heavy atom. The summed E-state index contributed by atoms with van der Waals surface area (Å²) in [4.78, 5) is 0. The van der Waals surface area contributed by atoms with Gasteiger partial charge in [-0.3, -0.25) is 0 Å². The van der Waals surface area contributed by atoms with E-state index in [9.17, 15) is 0 Å². The lowest BCUT2D eigenvalue weighted by Gasteiger charge is -2.47. The summed E-state index contributed by atoms with van der Waals surface area (Å²) in [6, 6.07) is 0. The minimum absolute atomic E-state index is 0.110. The van der Waals surface area contributed by atoms with Gasteiger partial charge in [0.25, 0.3) is 0 Å². The van der Waals surface area contributed by atoms with Crippen molar-refractivity contribution in [3.8, 4) is 0 Å². The maximum absolute atomic E-state index is 6.16. The van der Waals surface area contributed by atoms with Gasteiger partial charge in [-0.15, -0.1) is 0 Å². The lowest BCUT2D eigenvalue weighted by Crippen LogP contribution is -2.51. The largest absolute Gasteiger partial charge is 0.316 e. The van der Waals surface area contributed by atoms with Crippen LogP contribution in [0.2, 0.25) is 0 Å². The quantitative estimate of drug-likeness (QED) is 0.739. The molecule has 2 nitrogen and oxygen atoms in total. The summed E-state index contributed by atoms with van der Waals surface area (Å²) in [6.45, 7) is 2.48. The molecule has 0 bridgehead atoms. The molecule has 0 spiro atoms. The lowest BCUT2D eigenvalue weighted by atomic mass is 9.60. The fourth-order valence-electron chi connectivity index (χ4n) is 4.32. The average Bonchev–Trinajstić information content (AvgIpc) is 2.30. The monoisotopic (exact) mass is 238 g/mol. The highest BCUT2D eigenvalue weighted by Gasteiger charge is 2.42. The molecule has 2 rings (SSSR count). The molecule has 0 aromatic rings. The Bertz CT molecular complexity index is 235. The second kappa shape index (κ2) is 5.27. The molecule has 0 atom stereocenters. The van der Waals surface area contributed by atoms with Crippen LogP contribution < -0.4 is 11.5 Å². The Hall–Kier alpha value is -0.0800. The predicted octanol–water partition coefficient (Wildman–Crippen LogP) is 3.54. The van der Waals surface area contributed by atoms with Gasteiger partial charge in [0.1, 0.15) is 0 Å². The average molecular weight is 238 g/mol. The zero-order valence-electron chi connectivity index (χ0n) is 11.5. The van der Waals surface area contributed by atoms with Crippen LogP contribution in [0.15, 0.2) is 0 Å². The summed E-state index contributed by atoms with van der Waals surface area (Å²) in [5, 5.41) is 0. The first-order valence-electron chi connectivity index (χ1n) is 7.58. The number of nitrogens with two attached hydrogens (primary N) is 2. The zero-order chi connectivity index (χ0) is 12.4. The maximum Gasteiger partial charge on any atom is 0.0579 e. The summed E-state index contributed by atoms with van der Waals surface area (Å²) >= 11 is 0. The molecule has 0 heterocycles. The Kier molecular flexibility index (Phi) is 4.14. The van der Waals surface area contributed by atoms with E-state index >= 15 is 0 Å². The van der Waals surface area contributed by atoms with Gasteiger partial charge in [-0.1, -0.05) is 45.4 Å². The maximum atomic E-state index is 6.16. The molecule has 2 fully saturated rings. The normalized spacial score (nSPS) is 28.2. The summed E-state index contributed by atoms with van der Waals surface area (Å²) < 4.78 is 0. The first-order chi connectivity index (χ1) is 8.06. The molecule has 0 saturated heterocycles. The van der Waals surface area contributed by atoms with E-state index in [2.05, 4.69) is 6.92 Å². The molecular formula is C15H30N2. The molecule has 0 aliphatic heterocycles. The number of hydrogen-bond donors (Lipinski definition) is 2. The Morgan fingerprint density at radius 2 is 1.29 bits per heavy atom. The molecule has 2 aliphatic carbocycles. The highest BCUT2D eigenvalue weighted by atomic mass is 14.9. The van der Waals surface area contributed by atoms with Crippen LogP contribution >= 0.6 is 0 Å². The molecule has 0 unspecified atom stereocenters. The summed E-state index contributed by atoms with van der Waals surface area (Å²) in [7, 11) is 0. The Labute approximate surface area is 107 Å². The van der Waals surface area contributed by atoms with Gasteiger partial charge in [-0.05, 0) is 42.9 Å². The fraction of sp³-hybridized carbons (Fsp3) is 1.00. The first-order valence-corrected chi connectivity index (χ1v) is 7.58. The van der Waals surface area contributed by atoms with Gasteiger partial charge >= 0.3 is 0 Å². The summed E-state index contributed by atoms with van der Waals surface area (Å²) in [5.41, 5.74) is 13.1. The van der Waals surface area contributed by atoms with Crippen LogP contribution in [0.1, 0.15) is 77.6 Å². The highest BCUT2D eigenvalue weighted by Crippen LogP contribution is 2.50. The van der Waals surface area contributed by atoms with Crippen molar-refractivity contribution >= 4 is 0 Å².